The zero-order valence-electron chi connectivity index (χ0n) is 13.5. The number of tetrazole rings is 1. The van der Waals surface area contributed by atoms with Gasteiger partial charge in [-0.1, -0.05) is 54.1 Å². The summed E-state index contributed by atoms with van der Waals surface area (Å²) in [5.41, 5.74) is 5.96. The lowest BCUT2D eigenvalue weighted by Gasteiger charge is -2.17. The molecule has 3 rings (SSSR count). The molecule has 1 unspecified atom stereocenters. The van der Waals surface area contributed by atoms with Gasteiger partial charge in [-0.25, -0.2) is 4.68 Å². The number of amides is 2. The second-order valence-corrected chi connectivity index (χ2v) is 5.83. The minimum atomic E-state index is -0.723. The number of carbonyl (C=O) groups is 2. The summed E-state index contributed by atoms with van der Waals surface area (Å²) in [5, 5.41) is 11.2. The standard InChI is InChI=1S/C17H15ClN6O2/c18-14-9-5-4-8-13(14)16(25)20-21-17(26)15(24-11-19-22-23-24)10-12-6-2-1-3-7-12/h1-9,11,15H,10H2,(H,20,25)(H,21,26). The number of aromatic nitrogens is 4. The number of carbonyl (C=O) groups excluding carboxylic acids is 2. The van der Waals surface area contributed by atoms with Crippen LogP contribution < -0.4 is 10.9 Å². The molecule has 2 aromatic carbocycles. The van der Waals surface area contributed by atoms with E-state index in [9.17, 15) is 9.59 Å². The van der Waals surface area contributed by atoms with Crippen molar-refractivity contribution in [1.82, 2.24) is 31.1 Å². The molecule has 0 fully saturated rings. The van der Waals surface area contributed by atoms with Crippen molar-refractivity contribution in [2.45, 2.75) is 12.5 Å². The lowest BCUT2D eigenvalue weighted by Crippen LogP contribution is -2.45. The molecule has 0 saturated carbocycles. The SMILES string of the molecule is O=C(NNC(=O)C(Cc1ccccc1)n1cnnn1)c1ccccc1Cl. The number of hydrogen-bond donors (Lipinski definition) is 2. The first-order chi connectivity index (χ1) is 12.6. The minimum Gasteiger partial charge on any atom is -0.271 e. The van der Waals surface area contributed by atoms with Crippen molar-refractivity contribution in [2.24, 2.45) is 0 Å². The third kappa shape index (κ3) is 4.22. The van der Waals surface area contributed by atoms with Gasteiger partial charge in [0.2, 0.25) is 0 Å². The molecule has 1 atom stereocenters. The average Bonchev–Trinajstić information content (AvgIpc) is 3.19. The topological polar surface area (TPSA) is 102 Å². The Morgan fingerprint density at radius 1 is 1.04 bits per heavy atom. The van der Waals surface area contributed by atoms with Gasteiger partial charge in [-0.2, -0.15) is 0 Å². The Hall–Kier alpha value is -3.26. The van der Waals surface area contributed by atoms with E-state index in [0.29, 0.717) is 11.4 Å². The number of hydrazine groups is 1. The van der Waals surface area contributed by atoms with Gasteiger partial charge in [0.25, 0.3) is 11.8 Å². The molecular formula is C17H15ClN6O2. The highest BCUT2D eigenvalue weighted by Crippen LogP contribution is 2.15. The summed E-state index contributed by atoms with van der Waals surface area (Å²) in [6.45, 7) is 0. The fraction of sp³-hybridized carbons (Fsp3) is 0.118. The third-order valence-corrected chi connectivity index (χ3v) is 4.01. The number of nitrogens with one attached hydrogen (secondary N) is 2. The molecule has 0 saturated heterocycles. The number of benzene rings is 2. The van der Waals surface area contributed by atoms with E-state index in [1.165, 1.54) is 11.0 Å². The molecule has 1 aromatic heterocycles. The van der Waals surface area contributed by atoms with Crippen LogP contribution in [0.15, 0.2) is 60.9 Å². The first kappa shape index (κ1) is 17.6. The Bertz CT molecular complexity index is 885. The molecule has 1 heterocycles. The maximum absolute atomic E-state index is 12.6. The van der Waals surface area contributed by atoms with Gasteiger partial charge < -0.3 is 0 Å². The van der Waals surface area contributed by atoms with Gasteiger partial charge in [0.1, 0.15) is 12.4 Å². The van der Waals surface area contributed by atoms with Crippen LogP contribution in [0.1, 0.15) is 22.0 Å². The third-order valence-electron chi connectivity index (χ3n) is 3.68. The summed E-state index contributed by atoms with van der Waals surface area (Å²) in [4.78, 5) is 24.8. The fourth-order valence-corrected chi connectivity index (χ4v) is 2.59. The Balaban J connectivity index is 1.70. The summed E-state index contributed by atoms with van der Waals surface area (Å²) >= 11 is 5.98. The first-order valence-electron chi connectivity index (χ1n) is 7.76. The van der Waals surface area contributed by atoms with Gasteiger partial charge in [-0.15, -0.1) is 5.10 Å². The van der Waals surface area contributed by atoms with Crippen molar-refractivity contribution < 1.29 is 9.59 Å². The van der Waals surface area contributed by atoms with Crippen LogP contribution in [0.5, 0.6) is 0 Å². The molecule has 0 bridgehead atoms. The Morgan fingerprint density at radius 2 is 1.77 bits per heavy atom. The molecule has 0 spiro atoms. The van der Waals surface area contributed by atoms with Crippen LogP contribution >= 0.6 is 11.6 Å². The Morgan fingerprint density at radius 3 is 2.46 bits per heavy atom. The van der Waals surface area contributed by atoms with Crippen molar-refractivity contribution >= 4 is 23.4 Å². The first-order valence-corrected chi connectivity index (χ1v) is 8.14. The molecule has 3 aromatic rings. The van der Waals surface area contributed by atoms with Crippen molar-refractivity contribution in [1.29, 1.82) is 0 Å². The highest BCUT2D eigenvalue weighted by Gasteiger charge is 2.23. The summed E-state index contributed by atoms with van der Waals surface area (Å²) < 4.78 is 1.34. The van der Waals surface area contributed by atoms with Crippen molar-refractivity contribution in [3.05, 3.63) is 77.1 Å². The fourth-order valence-electron chi connectivity index (χ4n) is 2.37. The summed E-state index contributed by atoms with van der Waals surface area (Å²) in [7, 11) is 0. The predicted octanol–water partition coefficient (Wildman–Crippen LogP) is 1.57. The van der Waals surface area contributed by atoms with Crippen LogP contribution in [0, 0.1) is 0 Å². The zero-order valence-corrected chi connectivity index (χ0v) is 14.3. The van der Waals surface area contributed by atoms with Gasteiger partial charge in [-0.3, -0.25) is 20.4 Å². The Kier molecular flexibility index (Phi) is 5.55. The van der Waals surface area contributed by atoms with Gasteiger partial charge in [0.05, 0.1) is 10.6 Å². The lowest BCUT2D eigenvalue weighted by atomic mass is 10.1. The summed E-state index contributed by atoms with van der Waals surface area (Å²) in [5.74, 6) is -0.972. The van der Waals surface area contributed by atoms with E-state index >= 15 is 0 Å². The molecule has 0 aliphatic rings. The molecular weight excluding hydrogens is 356 g/mol. The zero-order chi connectivity index (χ0) is 18.4. The molecule has 8 nitrogen and oxygen atoms in total. The largest absolute Gasteiger partial charge is 0.271 e. The number of halogens is 1. The number of nitrogens with zero attached hydrogens (tertiary/aromatic N) is 4. The molecule has 2 amide bonds. The molecule has 0 radical (unpaired) electrons. The predicted molar refractivity (Wildman–Crippen MR) is 94.1 cm³/mol. The van der Waals surface area contributed by atoms with Gasteiger partial charge in [0, 0.05) is 6.42 Å². The van der Waals surface area contributed by atoms with Gasteiger partial charge in [-0.05, 0) is 28.1 Å². The Labute approximate surface area is 154 Å². The van der Waals surface area contributed by atoms with Crippen LogP contribution in [0.4, 0.5) is 0 Å². The van der Waals surface area contributed by atoms with Crippen LogP contribution in [-0.4, -0.2) is 32.0 Å². The number of rotatable bonds is 5. The van der Waals surface area contributed by atoms with E-state index < -0.39 is 17.9 Å². The number of hydrogen-bond acceptors (Lipinski definition) is 5. The minimum absolute atomic E-state index is 0.261. The quantitative estimate of drug-likeness (QED) is 0.664. The molecule has 0 aliphatic heterocycles. The second kappa shape index (κ2) is 8.21. The van der Waals surface area contributed by atoms with Crippen molar-refractivity contribution in [3.8, 4) is 0 Å². The molecule has 2 N–H and O–H groups in total. The van der Waals surface area contributed by atoms with E-state index in [0.717, 1.165) is 5.56 Å². The summed E-state index contributed by atoms with van der Waals surface area (Å²) in [6, 6.07) is 15.3. The van der Waals surface area contributed by atoms with E-state index in [4.69, 9.17) is 11.6 Å². The second-order valence-electron chi connectivity index (χ2n) is 5.42. The molecule has 0 aliphatic carbocycles. The molecule has 26 heavy (non-hydrogen) atoms. The van der Waals surface area contributed by atoms with Crippen LogP contribution in [0.25, 0.3) is 0 Å². The van der Waals surface area contributed by atoms with Crippen molar-refractivity contribution in [3.63, 3.8) is 0 Å². The normalized spacial score (nSPS) is 11.6. The van der Waals surface area contributed by atoms with E-state index in [1.807, 2.05) is 30.3 Å². The van der Waals surface area contributed by atoms with E-state index in [-0.39, 0.29) is 5.56 Å². The maximum atomic E-state index is 12.6. The van der Waals surface area contributed by atoms with Crippen molar-refractivity contribution in [2.75, 3.05) is 0 Å². The van der Waals surface area contributed by atoms with Crippen LogP contribution in [0.2, 0.25) is 5.02 Å². The van der Waals surface area contributed by atoms with Crippen LogP contribution in [-0.2, 0) is 11.2 Å². The lowest BCUT2D eigenvalue weighted by molar-refractivity contribution is -0.125. The van der Waals surface area contributed by atoms with E-state index in [2.05, 4.69) is 26.4 Å². The molecule has 9 heteroatoms. The van der Waals surface area contributed by atoms with Gasteiger partial charge >= 0.3 is 0 Å². The van der Waals surface area contributed by atoms with Crippen LogP contribution in [0.3, 0.4) is 0 Å². The summed E-state index contributed by atoms with van der Waals surface area (Å²) in [6.07, 6.45) is 1.71. The van der Waals surface area contributed by atoms with Gasteiger partial charge in [0.15, 0.2) is 0 Å². The monoisotopic (exact) mass is 370 g/mol. The maximum Gasteiger partial charge on any atom is 0.271 e. The smallest absolute Gasteiger partial charge is 0.271 e. The average molecular weight is 371 g/mol. The molecule has 132 valence electrons. The van der Waals surface area contributed by atoms with E-state index in [1.54, 1.807) is 24.3 Å². The highest BCUT2D eigenvalue weighted by molar-refractivity contribution is 6.33. The highest BCUT2D eigenvalue weighted by atomic mass is 35.5.